The molecule has 0 aliphatic carbocycles. The predicted octanol–water partition coefficient (Wildman–Crippen LogP) is 2.68. The molecule has 3 N–H and O–H groups in total. The second-order valence-corrected chi connectivity index (χ2v) is 6.99. The van der Waals surface area contributed by atoms with Crippen LogP contribution >= 0.6 is 24.8 Å². The summed E-state index contributed by atoms with van der Waals surface area (Å²) in [5.41, 5.74) is 7.01. The minimum Gasteiger partial charge on any atom is -0.381 e. The van der Waals surface area contributed by atoms with Crippen LogP contribution in [-0.2, 0) is 9.53 Å². The number of benzene rings is 1. The lowest BCUT2D eigenvalue weighted by Crippen LogP contribution is -2.60. The highest BCUT2D eigenvalue weighted by Crippen LogP contribution is 2.30. The number of rotatable bonds is 5. The lowest BCUT2D eigenvalue weighted by Gasteiger charge is -2.48. The quantitative estimate of drug-likeness (QED) is 0.792. The second kappa shape index (κ2) is 11.1. The number of halogens is 2. The molecular formula is C19H31Cl2N3O2. The van der Waals surface area contributed by atoms with Crippen LogP contribution in [0.3, 0.4) is 0 Å². The molecule has 1 aromatic carbocycles. The van der Waals surface area contributed by atoms with Crippen molar-refractivity contribution < 1.29 is 9.53 Å². The molecule has 2 heterocycles. The third-order valence-corrected chi connectivity index (χ3v) is 5.48. The van der Waals surface area contributed by atoms with Crippen LogP contribution in [-0.4, -0.2) is 49.2 Å². The van der Waals surface area contributed by atoms with E-state index in [1.807, 2.05) is 30.3 Å². The van der Waals surface area contributed by atoms with E-state index in [-0.39, 0.29) is 36.3 Å². The monoisotopic (exact) mass is 403 g/mol. The number of amides is 1. The maximum absolute atomic E-state index is 12.5. The Labute approximate surface area is 168 Å². The highest BCUT2D eigenvalue weighted by molar-refractivity contribution is 5.85. The lowest BCUT2D eigenvalue weighted by atomic mass is 9.86. The smallest absolute Gasteiger partial charge is 0.241 e. The van der Waals surface area contributed by atoms with Crippen molar-refractivity contribution in [3.05, 3.63) is 35.9 Å². The average Bonchev–Trinajstić information content (AvgIpc) is 2.67. The number of likely N-dealkylation sites (tertiary alicyclic amines) is 1. The Kier molecular flexibility index (Phi) is 9.90. The molecule has 2 fully saturated rings. The molecule has 0 radical (unpaired) electrons. The van der Waals surface area contributed by atoms with Gasteiger partial charge in [-0.05, 0) is 44.3 Å². The molecule has 2 saturated heterocycles. The van der Waals surface area contributed by atoms with E-state index in [9.17, 15) is 4.79 Å². The first kappa shape index (κ1) is 23.2. The van der Waals surface area contributed by atoms with Crippen LogP contribution in [0.1, 0.15) is 43.7 Å². The van der Waals surface area contributed by atoms with Crippen molar-refractivity contribution in [2.45, 2.75) is 43.7 Å². The number of hydrogen-bond acceptors (Lipinski definition) is 4. The minimum atomic E-state index is -0.607. The van der Waals surface area contributed by atoms with Crippen molar-refractivity contribution in [1.29, 1.82) is 0 Å². The summed E-state index contributed by atoms with van der Waals surface area (Å²) < 4.78 is 5.58. The van der Waals surface area contributed by atoms with Crippen LogP contribution in [0.15, 0.2) is 30.3 Å². The molecule has 1 amide bonds. The highest BCUT2D eigenvalue weighted by atomic mass is 35.5. The van der Waals surface area contributed by atoms with Gasteiger partial charge in [0.25, 0.3) is 0 Å². The molecule has 5 nitrogen and oxygen atoms in total. The third-order valence-electron chi connectivity index (χ3n) is 5.48. The van der Waals surface area contributed by atoms with Gasteiger partial charge in [0.15, 0.2) is 0 Å². The maximum atomic E-state index is 12.5. The summed E-state index contributed by atoms with van der Waals surface area (Å²) >= 11 is 0. The van der Waals surface area contributed by atoms with Gasteiger partial charge in [0.1, 0.15) is 6.04 Å². The Morgan fingerprint density at radius 3 is 2.35 bits per heavy atom. The molecule has 148 valence electrons. The van der Waals surface area contributed by atoms with Gasteiger partial charge in [0.2, 0.25) is 5.91 Å². The van der Waals surface area contributed by atoms with Gasteiger partial charge in [-0.25, -0.2) is 0 Å². The first-order valence-corrected chi connectivity index (χ1v) is 9.12. The number of carbonyl (C=O) groups excluding carboxylic acids is 1. The lowest BCUT2D eigenvalue weighted by molar-refractivity contribution is -0.124. The second-order valence-electron chi connectivity index (χ2n) is 6.99. The number of hydrogen-bond donors (Lipinski definition) is 2. The highest BCUT2D eigenvalue weighted by Gasteiger charge is 2.39. The summed E-state index contributed by atoms with van der Waals surface area (Å²) in [5, 5.41) is 3.13. The summed E-state index contributed by atoms with van der Waals surface area (Å²) in [4.78, 5) is 15.1. The molecule has 0 saturated carbocycles. The van der Waals surface area contributed by atoms with E-state index in [4.69, 9.17) is 10.5 Å². The van der Waals surface area contributed by atoms with Gasteiger partial charge in [-0.2, -0.15) is 0 Å². The van der Waals surface area contributed by atoms with Crippen LogP contribution in [0.25, 0.3) is 0 Å². The van der Waals surface area contributed by atoms with Crippen LogP contribution < -0.4 is 11.1 Å². The molecular weight excluding hydrogens is 373 g/mol. The largest absolute Gasteiger partial charge is 0.381 e. The van der Waals surface area contributed by atoms with E-state index in [1.165, 1.54) is 19.3 Å². The molecule has 0 bridgehead atoms. The number of nitrogens with one attached hydrogen (secondary N) is 1. The van der Waals surface area contributed by atoms with Gasteiger partial charge in [-0.1, -0.05) is 36.8 Å². The zero-order valence-corrected chi connectivity index (χ0v) is 16.8. The molecule has 1 unspecified atom stereocenters. The van der Waals surface area contributed by atoms with Gasteiger partial charge >= 0.3 is 0 Å². The number of nitrogens with two attached hydrogens (primary N) is 1. The molecule has 1 aromatic rings. The zero-order valence-electron chi connectivity index (χ0n) is 15.2. The maximum Gasteiger partial charge on any atom is 0.241 e. The molecule has 0 spiro atoms. The van der Waals surface area contributed by atoms with Crippen LogP contribution in [0.4, 0.5) is 0 Å². The van der Waals surface area contributed by atoms with Gasteiger partial charge in [-0.3, -0.25) is 9.69 Å². The molecule has 2 aliphatic rings. The molecule has 2 aliphatic heterocycles. The standard InChI is InChI=1S/C19H29N3O2.2ClH/c20-17(16-7-3-1-4-8-16)18(23)21-15-19(9-13-24-14-10-19)22-11-5-2-6-12-22;;/h1,3-4,7-8,17H,2,5-6,9-15,20H2,(H,21,23);2*1H. The summed E-state index contributed by atoms with van der Waals surface area (Å²) in [7, 11) is 0. The Balaban J connectivity index is 0.00000169. The van der Waals surface area contributed by atoms with E-state index in [0.29, 0.717) is 6.54 Å². The third kappa shape index (κ3) is 5.57. The fraction of sp³-hybridized carbons (Fsp3) is 0.632. The van der Waals surface area contributed by atoms with Gasteiger partial charge < -0.3 is 15.8 Å². The number of carbonyl (C=O) groups is 1. The summed E-state index contributed by atoms with van der Waals surface area (Å²) in [6.45, 7) is 4.46. The first-order chi connectivity index (χ1) is 11.7. The van der Waals surface area contributed by atoms with Crippen LogP contribution in [0.5, 0.6) is 0 Å². The van der Waals surface area contributed by atoms with E-state index >= 15 is 0 Å². The molecule has 0 aromatic heterocycles. The molecule has 1 atom stereocenters. The SMILES string of the molecule is Cl.Cl.NC(C(=O)NCC1(N2CCCCC2)CCOCC1)c1ccccc1. The summed E-state index contributed by atoms with van der Waals surface area (Å²) in [6.07, 6.45) is 5.77. The van der Waals surface area contributed by atoms with E-state index < -0.39 is 6.04 Å². The Morgan fingerprint density at radius 2 is 1.73 bits per heavy atom. The zero-order chi connectivity index (χ0) is 16.8. The normalized spacial score (nSPS) is 21.0. The minimum absolute atomic E-state index is 0. The van der Waals surface area contributed by atoms with Crippen molar-refractivity contribution in [2.24, 2.45) is 5.73 Å². The number of ether oxygens (including phenoxy) is 1. The Bertz CT molecular complexity index is 533. The van der Waals surface area contributed by atoms with Crippen LogP contribution in [0.2, 0.25) is 0 Å². The average molecular weight is 404 g/mol. The number of nitrogens with zero attached hydrogens (tertiary/aromatic N) is 1. The number of piperidine rings is 1. The van der Waals surface area contributed by atoms with Crippen molar-refractivity contribution in [1.82, 2.24) is 10.2 Å². The van der Waals surface area contributed by atoms with Crippen molar-refractivity contribution >= 4 is 30.7 Å². The fourth-order valence-electron chi connectivity index (χ4n) is 3.90. The van der Waals surface area contributed by atoms with E-state index in [2.05, 4.69) is 10.2 Å². The Morgan fingerprint density at radius 1 is 1.12 bits per heavy atom. The van der Waals surface area contributed by atoms with Gasteiger partial charge in [0.05, 0.1) is 0 Å². The fourth-order valence-corrected chi connectivity index (χ4v) is 3.90. The summed E-state index contributed by atoms with van der Waals surface area (Å²) in [5.74, 6) is -0.0934. The topological polar surface area (TPSA) is 67.6 Å². The van der Waals surface area contributed by atoms with Gasteiger partial charge in [-0.15, -0.1) is 24.8 Å². The predicted molar refractivity (Wildman–Crippen MR) is 109 cm³/mol. The van der Waals surface area contributed by atoms with Crippen LogP contribution in [0, 0.1) is 0 Å². The van der Waals surface area contributed by atoms with Crippen molar-refractivity contribution in [2.75, 3.05) is 32.8 Å². The van der Waals surface area contributed by atoms with E-state index in [1.54, 1.807) is 0 Å². The molecule has 3 rings (SSSR count). The van der Waals surface area contributed by atoms with E-state index in [0.717, 1.165) is 44.7 Å². The van der Waals surface area contributed by atoms with Crippen molar-refractivity contribution in [3.63, 3.8) is 0 Å². The first-order valence-electron chi connectivity index (χ1n) is 9.12. The summed E-state index contributed by atoms with van der Waals surface area (Å²) in [6, 6.07) is 8.95. The van der Waals surface area contributed by atoms with Crippen molar-refractivity contribution in [3.8, 4) is 0 Å². The molecule has 7 heteroatoms. The molecule has 26 heavy (non-hydrogen) atoms. The Hall–Kier alpha value is -0.850. The van der Waals surface area contributed by atoms with Gasteiger partial charge in [0, 0.05) is 25.3 Å².